The van der Waals surface area contributed by atoms with Crippen LogP contribution in [-0.4, -0.2) is 19.8 Å². The van der Waals surface area contributed by atoms with Gasteiger partial charge in [0.15, 0.2) is 0 Å². The predicted molar refractivity (Wildman–Crippen MR) is 83.2 cm³/mol. The number of hydrogen-bond donors (Lipinski definition) is 1. The van der Waals surface area contributed by atoms with Gasteiger partial charge in [0.05, 0.1) is 0 Å². The van der Waals surface area contributed by atoms with E-state index in [1.54, 1.807) is 0 Å². The first-order chi connectivity index (χ1) is 9.56. The van der Waals surface area contributed by atoms with Gasteiger partial charge >= 0.3 is 0 Å². The number of rotatable bonds is 4. The largest absolute Gasteiger partial charge is 0.381 e. The minimum atomic E-state index is 0.263. The summed E-state index contributed by atoms with van der Waals surface area (Å²) in [6, 6.07) is 6.75. The maximum absolute atomic E-state index is 6.18. The Morgan fingerprint density at radius 2 is 2.25 bits per heavy atom. The molecule has 0 saturated carbocycles. The summed E-state index contributed by atoms with van der Waals surface area (Å²) < 4.78 is 5.45. The molecule has 0 amide bonds. The minimum Gasteiger partial charge on any atom is -0.381 e. The molecule has 1 aliphatic heterocycles. The van der Waals surface area contributed by atoms with E-state index in [4.69, 9.17) is 16.3 Å². The van der Waals surface area contributed by atoms with E-state index in [1.807, 2.05) is 6.07 Å². The van der Waals surface area contributed by atoms with Gasteiger partial charge in [-0.3, -0.25) is 0 Å². The van der Waals surface area contributed by atoms with Crippen molar-refractivity contribution in [3.63, 3.8) is 0 Å². The van der Waals surface area contributed by atoms with Crippen molar-refractivity contribution in [3.05, 3.63) is 34.3 Å². The highest BCUT2D eigenvalue weighted by Crippen LogP contribution is 2.45. The highest BCUT2D eigenvalue weighted by molar-refractivity contribution is 6.30. The molecule has 0 bridgehead atoms. The summed E-state index contributed by atoms with van der Waals surface area (Å²) >= 11 is 6.18. The van der Waals surface area contributed by atoms with Crippen LogP contribution in [0.2, 0.25) is 5.02 Å². The molecule has 1 aromatic carbocycles. The molecule has 2 atom stereocenters. The summed E-state index contributed by atoms with van der Waals surface area (Å²) in [5.74, 6) is 0.742. The maximum Gasteiger partial charge on any atom is 0.0495 e. The fourth-order valence-corrected chi connectivity index (χ4v) is 3.82. The zero-order valence-electron chi connectivity index (χ0n) is 12.4. The molecule has 1 N–H and O–H groups in total. The van der Waals surface area contributed by atoms with Gasteiger partial charge in [-0.25, -0.2) is 0 Å². The van der Waals surface area contributed by atoms with Gasteiger partial charge in [0.1, 0.15) is 0 Å². The summed E-state index contributed by atoms with van der Waals surface area (Å²) in [7, 11) is 0. The van der Waals surface area contributed by atoms with E-state index in [0.29, 0.717) is 6.04 Å². The first kappa shape index (κ1) is 14.4. The van der Waals surface area contributed by atoms with Crippen molar-refractivity contribution in [1.29, 1.82) is 0 Å². The summed E-state index contributed by atoms with van der Waals surface area (Å²) in [4.78, 5) is 0. The van der Waals surface area contributed by atoms with Crippen LogP contribution in [-0.2, 0) is 11.2 Å². The van der Waals surface area contributed by atoms with Gasteiger partial charge in [-0.2, -0.15) is 0 Å². The number of fused-ring (bicyclic) bond motifs is 1. The molecular formula is C17H24ClNO. The number of nitrogens with one attached hydrogen (secondary N) is 1. The number of hydrogen-bond acceptors (Lipinski definition) is 2. The zero-order valence-corrected chi connectivity index (χ0v) is 13.2. The van der Waals surface area contributed by atoms with E-state index in [0.717, 1.165) is 37.1 Å². The molecule has 3 rings (SSSR count). The Balaban J connectivity index is 1.66. The third kappa shape index (κ3) is 2.88. The molecule has 1 fully saturated rings. The average Bonchev–Trinajstić information content (AvgIpc) is 2.97. The molecule has 1 heterocycles. The normalized spacial score (nSPS) is 27.8. The standard InChI is InChI=1S/C17H24ClNO/c1-17(2)10-13-3-4-14(18)9-15(13)16(17)19-7-5-12-6-8-20-11-12/h3-4,9,12,16,19H,5-8,10-11H2,1-2H3. The van der Waals surface area contributed by atoms with Crippen LogP contribution in [0.3, 0.4) is 0 Å². The molecular weight excluding hydrogens is 270 g/mol. The van der Waals surface area contributed by atoms with Crippen LogP contribution in [0.25, 0.3) is 0 Å². The quantitative estimate of drug-likeness (QED) is 0.907. The third-order valence-electron chi connectivity index (χ3n) is 4.77. The minimum absolute atomic E-state index is 0.263. The Bertz CT molecular complexity index is 480. The lowest BCUT2D eigenvalue weighted by atomic mass is 9.85. The van der Waals surface area contributed by atoms with Gasteiger partial charge < -0.3 is 10.1 Å². The molecule has 2 nitrogen and oxygen atoms in total. The van der Waals surface area contributed by atoms with Gasteiger partial charge in [-0.1, -0.05) is 31.5 Å². The van der Waals surface area contributed by atoms with Crippen LogP contribution >= 0.6 is 11.6 Å². The molecule has 2 unspecified atom stereocenters. The van der Waals surface area contributed by atoms with Gasteiger partial charge in [-0.05, 0) is 60.4 Å². The smallest absolute Gasteiger partial charge is 0.0495 e. The van der Waals surface area contributed by atoms with E-state index in [1.165, 1.54) is 24.0 Å². The van der Waals surface area contributed by atoms with Crippen molar-refractivity contribution in [2.45, 2.75) is 39.2 Å². The summed E-state index contributed by atoms with van der Waals surface area (Å²) in [5, 5.41) is 4.61. The van der Waals surface area contributed by atoms with Crippen LogP contribution in [0.1, 0.15) is 43.9 Å². The second-order valence-corrected chi connectivity index (χ2v) is 7.35. The fourth-order valence-electron chi connectivity index (χ4n) is 3.64. The Morgan fingerprint density at radius 1 is 1.40 bits per heavy atom. The van der Waals surface area contributed by atoms with Crippen LogP contribution in [0, 0.1) is 11.3 Å². The van der Waals surface area contributed by atoms with Gasteiger partial charge in [-0.15, -0.1) is 0 Å². The van der Waals surface area contributed by atoms with Crippen LogP contribution in [0.5, 0.6) is 0 Å². The van der Waals surface area contributed by atoms with Crippen LogP contribution in [0.4, 0.5) is 0 Å². The van der Waals surface area contributed by atoms with E-state index >= 15 is 0 Å². The lowest BCUT2D eigenvalue weighted by molar-refractivity contribution is 0.183. The highest BCUT2D eigenvalue weighted by atomic mass is 35.5. The SMILES string of the molecule is CC1(C)Cc2ccc(Cl)cc2C1NCCC1CCOC1. The van der Waals surface area contributed by atoms with E-state index < -0.39 is 0 Å². The van der Waals surface area contributed by atoms with Gasteiger partial charge in [0.2, 0.25) is 0 Å². The van der Waals surface area contributed by atoms with Crippen molar-refractivity contribution in [2.75, 3.05) is 19.8 Å². The first-order valence-corrected chi connectivity index (χ1v) is 8.03. The molecule has 1 saturated heterocycles. The molecule has 1 aromatic rings. The van der Waals surface area contributed by atoms with E-state index in [-0.39, 0.29) is 5.41 Å². The summed E-state index contributed by atoms with van der Waals surface area (Å²) in [6.45, 7) is 7.64. The van der Waals surface area contributed by atoms with Crippen molar-refractivity contribution in [1.82, 2.24) is 5.32 Å². The van der Waals surface area contributed by atoms with Crippen molar-refractivity contribution >= 4 is 11.6 Å². The van der Waals surface area contributed by atoms with E-state index in [2.05, 4.69) is 31.3 Å². The van der Waals surface area contributed by atoms with Gasteiger partial charge in [0.25, 0.3) is 0 Å². The second-order valence-electron chi connectivity index (χ2n) is 6.91. The molecule has 20 heavy (non-hydrogen) atoms. The highest BCUT2D eigenvalue weighted by Gasteiger charge is 2.38. The molecule has 0 aromatic heterocycles. The number of benzene rings is 1. The molecule has 0 spiro atoms. The summed E-state index contributed by atoms with van der Waals surface area (Å²) in [5.41, 5.74) is 3.10. The van der Waals surface area contributed by atoms with Crippen molar-refractivity contribution < 1.29 is 4.74 Å². The Morgan fingerprint density at radius 3 is 3.00 bits per heavy atom. The van der Waals surface area contributed by atoms with Gasteiger partial charge in [0, 0.05) is 24.3 Å². The molecule has 3 heteroatoms. The van der Waals surface area contributed by atoms with E-state index in [9.17, 15) is 0 Å². The molecule has 0 radical (unpaired) electrons. The topological polar surface area (TPSA) is 21.3 Å². The maximum atomic E-state index is 6.18. The molecule has 1 aliphatic carbocycles. The fraction of sp³-hybridized carbons (Fsp3) is 0.647. The van der Waals surface area contributed by atoms with Crippen LogP contribution in [0.15, 0.2) is 18.2 Å². The predicted octanol–water partition coefficient (Wildman–Crippen LogP) is 3.98. The average molecular weight is 294 g/mol. The Kier molecular flexibility index (Phi) is 4.07. The number of halogens is 1. The zero-order chi connectivity index (χ0) is 14.2. The lowest BCUT2D eigenvalue weighted by Crippen LogP contribution is -2.32. The van der Waals surface area contributed by atoms with Crippen molar-refractivity contribution in [2.24, 2.45) is 11.3 Å². The Labute approximate surface area is 126 Å². The monoisotopic (exact) mass is 293 g/mol. The molecule has 2 aliphatic rings. The van der Waals surface area contributed by atoms with Crippen molar-refractivity contribution in [3.8, 4) is 0 Å². The number of ether oxygens (including phenoxy) is 1. The first-order valence-electron chi connectivity index (χ1n) is 7.66. The van der Waals surface area contributed by atoms with Crippen LogP contribution < -0.4 is 5.32 Å². The lowest BCUT2D eigenvalue weighted by Gasteiger charge is -2.29. The summed E-state index contributed by atoms with van der Waals surface area (Å²) in [6.07, 6.45) is 3.56. The third-order valence-corrected chi connectivity index (χ3v) is 5.01. The Hall–Kier alpha value is -0.570. The second kappa shape index (κ2) is 5.67. The molecule has 110 valence electrons.